The van der Waals surface area contributed by atoms with Crippen LogP contribution in [0.1, 0.15) is 37.7 Å². The minimum absolute atomic E-state index is 0.374. The highest BCUT2D eigenvalue weighted by atomic mass is 16.3. The molecule has 2 aromatic rings. The van der Waals surface area contributed by atoms with Crippen molar-refractivity contribution in [1.82, 2.24) is 0 Å². The van der Waals surface area contributed by atoms with Crippen molar-refractivity contribution in [3.63, 3.8) is 0 Å². The van der Waals surface area contributed by atoms with E-state index in [9.17, 15) is 10.4 Å². The maximum atomic E-state index is 10.9. The fraction of sp³-hybridized carbons (Fsp3) is 0.450. The van der Waals surface area contributed by atoms with E-state index in [-0.39, 0.29) is 0 Å². The topological polar surface area (TPSA) is 47.3 Å². The lowest BCUT2D eigenvalue weighted by Crippen LogP contribution is -2.53. The van der Waals surface area contributed by atoms with Gasteiger partial charge in [0.1, 0.15) is 0 Å². The molecule has 0 radical (unpaired) electrons. The SMILES string of the molecule is N#Cc1ccc(N2CC[C@@]3(O)CCCCC3C2)c2ccccc12. The second-order valence-corrected chi connectivity index (χ2v) is 7.03. The molecule has 2 aromatic carbocycles. The molecule has 1 heterocycles. The van der Waals surface area contributed by atoms with Crippen LogP contribution in [0.25, 0.3) is 10.8 Å². The fourth-order valence-corrected chi connectivity index (χ4v) is 4.45. The first kappa shape index (κ1) is 14.5. The molecule has 2 fully saturated rings. The van der Waals surface area contributed by atoms with E-state index in [4.69, 9.17) is 0 Å². The van der Waals surface area contributed by atoms with Crippen molar-refractivity contribution in [1.29, 1.82) is 5.26 Å². The van der Waals surface area contributed by atoms with Gasteiger partial charge in [0.2, 0.25) is 0 Å². The molecule has 1 aliphatic carbocycles. The molecule has 1 N–H and O–H groups in total. The summed E-state index contributed by atoms with van der Waals surface area (Å²) < 4.78 is 0. The van der Waals surface area contributed by atoms with Gasteiger partial charge in [0.05, 0.1) is 17.2 Å². The number of nitrogens with zero attached hydrogens (tertiary/aromatic N) is 2. The third kappa shape index (κ3) is 2.38. The molecule has 1 saturated carbocycles. The molecule has 0 bridgehead atoms. The Bertz CT molecular complexity index is 779. The number of anilines is 1. The summed E-state index contributed by atoms with van der Waals surface area (Å²) >= 11 is 0. The van der Waals surface area contributed by atoms with Crippen molar-refractivity contribution in [2.45, 2.75) is 37.7 Å². The van der Waals surface area contributed by atoms with Crippen LogP contribution in [0.15, 0.2) is 36.4 Å². The minimum atomic E-state index is -0.447. The number of rotatable bonds is 1. The zero-order chi connectivity index (χ0) is 15.9. The van der Waals surface area contributed by atoms with Gasteiger partial charge in [0.15, 0.2) is 0 Å². The molecule has 0 aromatic heterocycles. The van der Waals surface area contributed by atoms with Gasteiger partial charge in [-0.15, -0.1) is 0 Å². The Morgan fingerprint density at radius 3 is 2.74 bits per heavy atom. The van der Waals surface area contributed by atoms with Gasteiger partial charge in [-0.3, -0.25) is 0 Å². The van der Waals surface area contributed by atoms with E-state index in [0.717, 1.165) is 55.1 Å². The number of nitriles is 1. The summed E-state index contributed by atoms with van der Waals surface area (Å²) in [6, 6.07) is 14.5. The van der Waals surface area contributed by atoms with Crippen LogP contribution in [0.4, 0.5) is 5.69 Å². The summed E-state index contributed by atoms with van der Waals surface area (Å²) in [7, 11) is 0. The van der Waals surface area contributed by atoms with Crippen LogP contribution in [0.3, 0.4) is 0 Å². The molecule has 0 amide bonds. The highest BCUT2D eigenvalue weighted by Gasteiger charge is 2.42. The average Bonchev–Trinajstić information content (AvgIpc) is 2.60. The second-order valence-electron chi connectivity index (χ2n) is 7.03. The number of benzene rings is 2. The summed E-state index contributed by atoms with van der Waals surface area (Å²) in [5, 5.41) is 22.4. The lowest BCUT2D eigenvalue weighted by molar-refractivity contribution is -0.0612. The molecular formula is C20H22N2O. The molecule has 1 saturated heterocycles. The van der Waals surface area contributed by atoms with Gasteiger partial charge in [-0.25, -0.2) is 0 Å². The number of hydrogen-bond donors (Lipinski definition) is 1. The van der Waals surface area contributed by atoms with Crippen LogP contribution >= 0.6 is 0 Å². The zero-order valence-corrected chi connectivity index (χ0v) is 13.3. The van der Waals surface area contributed by atoms with E-state index in [0.29, 0.717) is 5.92 Å². The largest absolute Gasteiger partial charge is 0.389 e. The van der Waals surface area contributed by atoms with Crippen molar-refractivity contribution in [3.05, 3.63) is 42.0 Å². The monoisotopic (exact) mass is 306 g/mol. The summed E-state index contributed by atoms with van der Waals surface area (Å²) in [5.41, 5.74) is 1.49. The first-order valence-electron chi connectivity index (χ1n) is 8.60. The Kier molecular flexibility index (Phi) is 3.50. The lowest BCUT2D eigenvalue weighted by Gasteiger charge is -2.48. The van der Waals surface area contributed by atoms with E-state index in [1.54, 1.807) is 0 Å². The zero-order valence-electron chi connectivity index (χ0n) is 13.3. The molecule has 2 aliphatic rings. The molecule has 1 aliphatic heterocycles. The van der Waals surface area contributed by atoms with Crippen molar-refractivity contribution < 1.29 is 5.11 Å². The first-order valence-corrected chi connectivity index (χ1v) is 8.60. The third-order valence-corrected chi connectivity index (χ3v) is 5.79. The van der Waals surface area contributed by atoms with Gasteiger partial charge in [-0.2, -0.15) is 5.26 Å². The number of piperidine rings is 1. The van der Waals surface area contributed by atoms with Gasteiger partial charge in [-0.05, 0) is 31.4 Å². The van der Waals surface area contributed by atoms with E-state index in [2.05, 4.69) is 23.1 Å². The standard InChI is InChI=1S/C20H22N2O/c21-13-15-8-9-19(18-7-2-1-6-17(15)18)22-12-11-20(23)10-4-3-5-16(20)14-22/h1-2,6-9,16,23H,3-5,10-12,14H2/t16?,20-/m0/s1. The van der Waals surface area contributed by atoms with Crippen molar-refractivity contribution in [3.8, 4) is 6.07 Å². The van der Waals surface area contributed by atoms with Crippen LogP contribution in [-0.2, 0) is 0 Å². The van der Waals surface area contributed by atoms with E-state index < -0.39 is 5.60 Å². The highest BCUT2D eigenvalue weighted by molar-refractivity contribution is 5.97. The average molecular weight is 306 g/mol. The fourth-order valence-electron chi connectivity index (χ4n) is 4.45. The van der Waals surface area contributed by atoms with Crippen molar-refractivity contribution in [2.75, 3.05) is 18.0 Å². The molecule has 118 valence electrons. The Balaban J connectivity index is 1.72. The maximum absolute atomic E-state index is 10.9. The predicted molar refractivity (Wildman–Crippen MR) is 92.4 cm³/mol. The number of hydrogen-bond acceptors (Lipinski definition) is 3. The quantitative estimate of drug-likeness (QED) is 0.870. The summed E-state index contributed by atoms with van der Waals surface area (Å²) in [6.07, 6.45) is 5.33. The normalized spacial score (nSPS) is 27.5. The first-order chi connectivity index (χ1) is 11.2. The van der Waals surface area contributed by atoms with Gasteiger partial charge in [0.25, 0.3) is 0 Å². The Morgan fingerprint density at radius 2 is 1.91 bits per heavy atom. The summed E-state index contributed by atoms with van der Waals surface area (Å²) in [6.45, 7) is 1.81. The molecule has 3 heteroatoms. The smallest absolute Gasteiger partial charge is 0.0998 e. The van der Waals surface area contributed by atoms with Gasteiger partial charge in [0, 0.05) is 35.5 Å². The van der Waals surface area contributed by atoms with Gasteiger partial charge >= 0.3 is 0 Å². The van der Waals surface area contributed by atoms with E-state index in [1.807, 2.05) is 24.3 Å². The van der Waals surface area contributed by atoms with Crippen LogP contribution < -0.4 is 4.90 Å². The summed E-state index contributed by atoms with van der Waals surface area (Å²) in [4.78, 5) is 2.41. The second kappa shape index (κ2) is 5.54. The summed E-state index contributed by atoms with van der Waals surface area (Å²) in [5.74, 6) is 0.374. The highest BCUT2D eigenvalue weighted by Crippen LogP contribution is 2.42. The van der Waals surface area contributed by atoms with Crippen molar-refractivity contribution in [2.24, 2.45) is 5.92 Å². The molecule has 2 atom stereocenters. The van der Waals surface area contributed by atoms with Gasteiger partial charge < -0.3 is 10.0 Å². The van der Waals surface area contributed by atoms with Gasteiger partial charge in [-0.1, -0.05) is 37.1 Å². The van der Waals surface area contributed by atoms with Crippen molar-refractivity contribution >= 4 is 16.5 Å². The molecule has 3 nitrogen and oxygen atoms in total. The Labute approximate surface area is 137 Å². The molecule has 1 unspecified atom stereocenters. The molecular weight excluding hydrogens is 284 g/mol. The molecule has 4 rings (SSSR count). The lowest BCUT2D eigenvalue weighted by atomic mass is 9.71. The van der Waals surface area contributed by atoms with E-state index in [1.165, 1.54) is 12.1 Å². The molecule has 23 heavy (non-hydrogen) atoms. The molecule has 0 spiro atoms. The number of fused-ring (bicyclic) bond motifs is 2. The Morgan fingerprint density at radius 1 is 1.09 bits per heavy atom. The van der Waals surface area contributed by atoms with Crippen LogP contribution in [0, 0.1) is 17.2 Å². The van der Waals surface area contributed by atoms with Crippen LogP contribution in [0.5, 0.6) is 0 Å². The van der Waals surface area contributed by atoms with Crippen LogP contribution in [-0.4, -0.2) is 23.8 Å². The van der Waals surface area contributed by atoms with Crippen LogP contribution in [0.2, 0.25) is 0 Å². The third-order valence-electron chi connectivity index (χ3n) is 5.79. The number of aliphatic hydroxyl groups is 1. The predicted octanol–water partition coefficient (Wildman–Crippen LogP) is 3.84. The minimum Gasteiger partial charge on any atom is -0.389 e. The maximum Gasteiger partial charge on any atom is 0.0998 e. The Hall–Kier alpha value is -2.05. The van der Waals surface area contributed by atoms with E-state index >= 15 is 0 Å².